The molecular formula is C13H16N2O. The molecule has 84 valence electrons. The Morgan fingerprint density at radius 1 is 1.25 bits per heavy atom. The zero-order valence-electron chi connectivity index (χ0n) is 9.66. The second-order valence-electron chi connectivity index (χ2n) is 3.95. The maximum Gasteiger partial charge on any atom is 0.270 e. The van der Waals surface area contributed by atoms with Crippen LogP contribution in [0.5, 0.6) is 0 Å². The van der Waals surface area contributed by atoms with Gasteiger partial charge < -0.3 is 0 Å². The SMILES string of the molecule is CCc1c(C)[nH]n(Cc2ccccc2)c1=O. The zero-order valence-corrected chi connectivity index (χ0v) is 9.66. The summed E-state index contributed by atoms with van der Waals surface area (Å²) in [5.74, 6) is 0. The number of aromatic nitrogens is 2. The molecule has 3 nitrogen and oxygen atoms in total. The first-order chi connectivity index (χ1) is 7.72. The smallest absolute Gasteiger partial charge is 0.270 e. The first-order valence-corrected chi connectivity index (χ1v) is 5.54. The van der Waals surface area contributed by atoms with Crippen LogP contribution in [0.4, 0.5) is 0 Å². The molecule has 1 N–H and O–H groups in total. The number of hydrogen-bond acceptors (Lipinski definition) is 1. The van der Waals surface area contributed by atoms with E-state index in [-0.39, 0.29) is 5.56 Å². The maximum atomic E-state index is 12.0. The van der Waals surface area contributed by atoms with Crippen molar-refractivity contribution in [1.82, 2.24) is 9.78 Å². The van der Waals surface area contributed by atoms with E-state index in [4.69, 9.17) is 0 Å². The van der Waals surface area contributed by atoms with Crippen LogP contribution >= 0.6 is 0 Å². The van der Waals surface area contributed by atoms with Crippen LogP contribution < -0.4 is 5.56 Å². The summed E-state index contributed by atoms with van der Waals surface area (Å²) in [6.07, 6.45) is 0.781. The van der Waals surface area contributed by atoms with Gasteiger partial charge in [0, 0.05) is 11.3 Å². The zero-order chi connectivity index (χ0) is 11.5. The van der Waals surface area contributed by atoms with Crippen molar-refractivity contribution >= 4 is 0 Å². The van der Waals surface area contributed by atoms with Gasteiger partial charge in [0.05, 0.1) is 6.54 Å². The van der Waals surface area contributed by atoms with E-state index in [9.17, 15) is 4.79 Å². The molecule has 1 aromatic heterocycles. The van der Waals surface area contributed by atoms with Crippen molar-refractivity contribution in [2.45, 2.75) is 26.8 Å². The molecule has 0 saturated carbocycles. The summed E-state index contributed by atoms with van der Waals surface area (Å²) in [5.41, 5.74) is 3.09. The van der Waals surface area contributed by atoms with Crippen molar-refractivity contribution in [2.75, 3.05) is 0 Å². The van der Waals surface area contributed by atoms with Gasteiger partial charge in [0.1, 0.15) is 0 Å². The van der Waals surface area contributed by atoms with Crippen LogP contribution in [-0.4, -0.2) is 9.78 Å². The Morgan fingerprint density at radius 3 is 2.50 bits per heavy atom. The number of aromatic amines is 1. The largest absolute Gasteiger partial charge is 0.299 e. The summed E-state index contributed by atoms with van der Waals surface area (Å²) in [5, 5.41) is 3.12. The van der Waals surface area contributed by atoms with Crippen LogP contribution in [0.2, 0.25) is 0 Å². The van der Waals surface area contributed by atoms with Gasteiger partial charge in [0.15, 0.2) is 0 Å². The topological polar surface area (TPSA) is 37.8 Å². The minimum atomic E-state index is 0.101. The Labute approximate surface area is 94.7 Å². The van der Waals surface area contributed by atoms with Gasteiger partial charge in [-0.3, -0.25) is 9.89 Å². The molecule has 16 heavy (non-hydrogen) atoms. The third-order valence-electron chi connectivity index (χ3n) is 2.80. The molecule has 2 rings (SSSR count). The van der Waals surface area contributed by atoms with Crippen molar-refractivity contribution in [1.29, 1.82) is 0 Å². The van der Waals surface area contributed by atoms with Crippen molar-refractivity contribution in [2.24, 2.45) is 0 Å². The molecule has 0 saturated heterocycles. The van der Waals surface area contributed by atoms with Gasteiger partial charge in [-0.2, -0.15) is 0 Å². The lowest BCUT2D eigenvalue weighted by Crippen LogP contribution is -2.19. The minimum absolute atomic E-state index is 0.101. The molecule has 3 heteroatoms. The molecule has 0 amide bonds. The minimum Gasteiger partial charge on any atom is -0.299 e. The lowest BCUT2D eigenvalue weighted by molar-refractivity contribution is 0.656. The van der Waals surface area contributed by atoms with Crippen LogP contribution in [0.25, 0.3) is 0 Å². The Kier molecular flexibility index (Phi) is 2.95. The summed E-state index contributed by atoms with van der Waals surface area (Å²) in [4.78, 5) is 12.0. The Morgan fingerprint density at radius 2 is 1.94 bits per heavy atom. The average molecular weight is 216 g/mol. The normalized spacial score (nSPS) is 10.6. The Balaban J connectivity index is 2.33. The summed E-state index contributed by atoms with van der Waals surface area (Å²) >= 11 is 0. The molecule has 0 fully saturated rings. The second kappa shape index (κ2) is 4.39. The van der Waals surface area contributed by atoms with E-state index in [2.05, 4.69) is 5.10 Å². The highest BCUT2D eigenvalue weighted by Crippen LogP contribution is 2.03. The molecule has 0 spiro atoms. The summed E-state index contributed by atoms with van der Waals surface area (Å²) in [6.45, 7) is 4.56. The molecule has 0 aliphatic heterocycles. The van der Waals surface area contributed by atoms with E-state index in [1.165, 1.54) is 0 Å². The van der Waals surface area contributed by atoms with Gasteiger partial charge in [-0.1, -0.05) is 37.3 Å². The first kappa shape index (κ1) is 10.7. The van der Waals surface area contributed by atoms with Gasteiger partial charge in [-0.15, -0.1) is 0 Å². The molecule has 0 unspecified atom stereocenters. The van der Waals surface area contributed by atoms with Crippen LogP contribution in [0, 0.1) is 6.92 Å². The molecule has 0 aliphatic carbocycles. The highest BCUT2D eigenvalue weighted by Gasteiger charge is 2.08. The van der Waals surface area contributed by atoms with Crippen LogP contribution in [0.15, 0.2) is 35.1 Å². The van der Waals surface area contributed by atoms with Gasteiger partial charge >= 0.3 is 0 Å². The molecule has 0 atom stereocenters. The Hall–Kier alpha value is -1.77. The number of aryl methyl sites for hydroxylation is 1. The van der Waals surface area contributed by atoms with Crippen LogP contribution in [0.3, 0.4) is 0 Å². The molecule has 1 heterocycles. The fourth-order valence-electron chi connectivity index (χ4n) is 1.94. The lowest BCUT2D eigenvalue weighted by atomic mass is 10.2. The van der Waals surface area contributed by atoms with Crippen LogP contribution in [0.1, 0.15) is 23.7 Å². The second-order valence-corrected chi connectivity index (χ2v) is 3.95. The van der Waals surface area contributed by atoms with Gasteiger partial charge in [-0.25, -0.2) is 4.68 Å². The van der Waals surface area contributed by atoms with Crippen molar-refractivity contribution < 1.29 is 0 Å². The number of benzene rings is 1. The fraction of sp³-hybridized carbons (Fsp3) is 0.308. The predicted octanol–water partition coefficient (Wildman–Crippen LogP) is 2.10. The summed E-state index contributed by atoms with van der Waals surface area (Å²) in [7, 11) is 0. The van der Waals surface area contributed by atoms with Gasteiger partial charge in [0.25, 0.3) is 5.56 Å². The van der Waals surface area contributed by atoms with E-state index in [0.717, 1.165) is 23.2 Å². The predicted molar refractivity (Wildman–Crippen MR) is 64.7 cm³/mol. The monoisotopic (exact) mass is 216 g/mol. The first-order valence-electron chi connectivity index (χ1n) is 5.54. The third-order valence-corrected chi connectivity index (χ3v) is 2.80. The molecule has 0 radical (unpaired) electrons. The quantitative estimate of drug-likeness (QED) is 0.838. The van der Waals surface area contributed by atoms with E-state index in [0.29, 0.717) is 6.54 Å². The highest BCUT2D eigenvalue weighted by molar-refractivity contribution is 5.18. The molecular weight excluding hydrogens is 200 g/mol. The number of nitrogens with zero attached hydrogens (tertiary/aromatic N) is 1. The number of nitrogens with one attached hydrogen (secondary N) is 1. The third kappa shape index (κ3) is 1.94. The summed E-state index contributed by atoms with van der Waals surface area (Å²) in [6, 6.07) is 9.99. The standard InChI is InChI=1S/C13H16N2O/c1-3-12-10(2)14-15(13(12)16)9-11-7-5-4-6-8-11/h4-8,14H,3,9H2,1-2H3. The maximum absolute atomic E-state index is 12.0. The van der Waals surface area contributed by atoms with Gasteiger partial charge in [-0.05, 0) is 18.9 Å². The van der Waals surface area contributed by atoms with E-state index in [1.807, 2.05) is 44.2 Å². The van der Waals surface area contributed by atoms with E-state index < -0.39 is 0 Å². The van der Waals surface area contributed by atoms with Crippen LogP contribution in [-0.2, 0) is 13.0 Å². The molecule has 2 aromatic rings. The van der Waals surface area contributed by atoms with Crippen molar-refractivity contribution in [3.8, 4) is 0 Å². The fourth-order valence-corrected chi connectivity index (χ4v) is 1.94. The number of hydrogen-bond donors (Lipinski definition) is 1. The van der Waals surface area contributed by atoms with Gasteiger partial charge in [0.2, 0.25) is 0 Å². The number of H-pyrrole nitrogens is 1. The average Bonchev–Trinajstić information content (AvgIpc) is 2.55. The van der Waals surface area contributed by atoms with Crippen molar-refractivity contribution in [3.63, 3.8) is 0 Å². The number of rotatable bonds is 3. The van der Waals surface area contributed by atoms with E-state index >= 15 is 0 Å². The molecule has 0 bridgehead atoms. The van der Waals surface area contributed by atoms with E-state index in [1.54, 1.807) is 4.68 Å². The molecule has 0 aliphatic rings. The Bertz CT molecular complexity index is 523. The molecule has 1 aromatic carbocycles. The van der Waals surface area contributed by atoms with Crippen molar-refractivity contribution in [3.05, 3.63) is 57.5 Å². The highest BCUT2D eigenvalue weighted by atomic mass is 16.1. The lowest BCUT2D eigenvalue weighted by Gasteiger charge is -2.01. The summed E-state index contributed by atoms with van der Waals surface area (Å²) < 4.78 is 1.67.